The topological polar surface area (TPSA) is 82.6 Å². The molecule has 0 saturated carbocycles. The Morgan fingerprint density at radius 3 is 2.48 bits per heavy atom. The summed E-state index contributed by atoms with van der Waals surface area (Å²) in [5.41, 5.74) is 2.12. The van der Waals surface area contributed by atoms with Crippen LogP contribution in [0.25, 0.3) is 0 Å². The van der Waals surface area contributed by atoms with Gasteiger partial charge in [0.25, 0.3) is 11.8 Å². The number of carbonyl (C=O) groups is 3. The molecule has 1 aromatic carbocycles. The molecule has 0 fully saturated rings. The van der Waals surface area contributed by atoms with Crippen molar-refractivity contribution in [3.8, 4) is 0 Å². The minimum Gasteiger partial charge on any atom is -0.378 e. The van der Waals surface area contributed by atoms with E-state index in [-0.39, 0.29) is 30.1 Å². The van der Waals surface area contributed by atoms with E-state index < -0.39 is 11.8 Å². The lowest BCUT2D eigenvalue weighted by atomic mass is 10.2. The largest absolute Gasteiger partial charge is 0.378 e. The van der Waals surface area contributed by atoms with Gasteiger partial charge in [0.1, 0.15) is 5.69 Å². The second kappa shape index (κ2) is 6.72. The summed E-state index contributed by atoms with van der Waals surface area (Å²) < 4.78 is 0. The lowest BCUT2D eigenvalue weighted by Crippen LogP contribution is -2.33. The minimum atomic E-state index is -0.455. The van der Waals surface area contributed by atoms with Crippen LogP contribution in [-0.4, -0.2) is 48.2 Å². The highest BCUT2D eigenvalue weighted by molar-refractivity contribution is 6.20. The molecule has 1 aliphatic rings. The standard InChI is InChI=1S/C18H18N4O3/c1-21(2)13-7-5-12(6-8-13)20-15(23)9-11-22-17(24)14-4-3-10-19-16(14)18(22)25/h3-8,10H,9,11H2,1-2H3,(H,20,23). The van der Waals surface area contributed by atoms with E-state index in [9.17, 15) is 14.4 Å². The van der Waals surface area contributed by atoms with Crippen LogP contribution in [0.3, 0.4) is 0 Å². The Hall–Kier alpha value is -3.22. The van der Waals surface area contributed by atoms with Crippen molar-refractivity contribution in [3.63, 3.8) is 0 Å². The van der Waals surface area contributed by atoms with E-state index in [1.807, 2.05) is 31.1 Å². The number of aromatic nitrogens is 1. The van der Waals surface area contributed by atoms with Gasteiger partial charge in [-0.05, 0) is 36.4 Å². The molecule has 3 rings (SSSR count). The third-order valence-electron chi connectivity index (χ3n) is 3.96. The summed E-state index contributed by atoms with van der Waals surface area (Å²) in [6.07, 6.45) is 1.50. The fourth-order valence-corrected chi connectivity index (χ4v) is 2.60. The van der Waals surface area contributed by atoms with Crippen molar-refractivity contribution >= 4 is 29.1 Å². The number of hydrogen-bond acceptors (Lipinski definition) is 5. The van der Waals surface area contributed by atoms with Gasteiger partial charge in [0.15, 0.2) is 0 Å². The summed E-state index contributed by atoms with van der Waals surface area (Å²) >= 11 is 0. The van der Waals surface area contributed by atoms with Crippen LogP contribution in [0.5, 0.6) is 0 Å². The fraction of sp³-hybridized carbons (Fsp3) is 0.222. The van der Waals surface area contributed by atoms with Gasteiger partial charge < -0.3 is 10.2 Å². The van der Waals surface area contributed by atoms with Crippen LogP contribution < -0.4 is 10.2 Å². The maximum atomic E-state index is 12.2. The predicted octanol–water partition coefficient (Wildman–Crippen LogP) is 1.77. The Bertz CT molecular complexity index is 795. The molecule has 3 amide bonds. The van der Waals surface area contributed by atoms with Gasteiger partial charge in [-0.2, -0.15) is 0 Å². The van der Waals surface area contributed by atoms with E-state index in [0.29, 0.717) is 5.69 Å². The number of nitrogens with zero attached hydrogens (tertiary/aromatic N) is 3. The number of rotatable bonds is 5. The number of imide groups is 1. The number of nitrogens with one attached hydrogen (secondary N) is 1. The third kappa shape index (κ3) is 3.35. The highest BCUT2D eigenvalue weighted by atomic mass is 16.2. The molecule has 2 heterocycles. The highest BCUT2D eigenvalue weighted by Gasteiger charge is 2.36. The second-order valence-electron chi connectivity index (χ2n) is 5.90. The molecule has 7 nitrogen and oxygen atoms in total. The third-order valence-corrected chi connectivity index (χ3v) is 3.96. The molecule has 2 aromatic rings. The van der Waals surface area contributed by atoms with E-state index in [0.717, 1.165) is 10.6 Å². The zero-order valence-electron chi connectivity index (χ0n) is 14.0. The van der Waals surface area contributed by atoms with Crippen LogP contribution in [0.1, 0.15) is 27.3 Å². The number of pyridine rings is 1. The van der Waals surface area contributed by atoms with Crippen molar-refractivity contribution in [2.45, 2.75) is 6.42 Å². The van der Waals surface area contributed by atoms with Gasteiger partial charge in [-0.1, -0.05) is 0 Å². The van der Waals surface area contributed by atoms with Gasteiger partial charge in [-0.3, -0.25) is 24.3 Å². The van der Waals surface area contributed by atoms with Crippen molar-refractivity contribution < 1.29 is 14.4 Å². The first-order chi connectivity index (χ1) is 12.0. The first-order valence-electron chi connectivity index (χ1n) is 7.86. The predicted molar refractivity (Wildman–Crippen MR) is 93.6 cm³/mol. The number of hydrogen-bond donors (Lipinski definition) is 1. The maximum absolute atomic E-state index is 12.2. The Kier molecular flexibility index (Phi) is 4.47. The summed E-state index contributed by atoms with van der Waals surface area (Å²) in [4.78, 5) is 43.4. The molecule has 0 aliphatic carbocycles. The van der Waals surface area contributed by atoms with Crippen LogP contribution in [0.15, 0.2) is 42.6 Å². The average Bonchev–Trinajstić information content (AvgIpc) is 2.85. The molecule has 0 bridgehead atoms. The SMILES string of the molecule is CN(C)c1ccc(NC(=O)CCN2C(=O)c3cccnc3C2=O)cc1. The molecule has 7 heteroatoms. The van der Waals surface area contributed by atoms with Gasteiger partial charge in [0, 0.05) is 44.6 Å². The smallest absolute Gasteiger partial charge is 0.280 e. The Morgan fingerprint density at radius 2 is 1.84 bits per heavy atom. The summed E-state index contributed by atoms with van der Waals surface area (Å²) in [7, 11) is 3.87. The fourth-order valence-electron chi connectivity index (χ4n) is 2.60. The molecule has 1 N–H and O–H groups in total. The minimum absolute atomic E-state index is 0.0235. The molecular formula is C18H18N4O3. The quantitative estimate of drug-likeness (QED) is 0.840. The summed E-state index contributed by atoms with van der Waals surface area (Å²) in [5.74, 6) is -1.12. The molecule has 0 radical (unpaired) electrons. The number of carbonyl (C=O) groups excluding carboxylic acids is 3. The molecule has 0 saturated heterocycles. The van der Waals surface area contributed by atoms with Crippen molar-refractivity contribution in [3.05, 3.63) is 53.9 Å². The molecule has 0 atom stereocenters. The van der Waals surface area contributed by atoms with Crippen molar-refractivity contribution in [2.75, 3.05) is 30.9 Å². The molecule has 128 valence electrons. The van der Waals surface area contributed by atoms with Crippen LogP contribution in [0.4, 0.5) is 11.4 Å². The highest BCUT2D eigenvalue weighted by Crippen LogP contribution is 2.21. The normalized spacial score (nSPS) is 13.0. The van der Waals surface area contributed by atoms with Gasteiger partial charge >= 0.3 is 0 Å². The first kappa shape index (κ1) is 16.6. The summed E-state index contributed by atoms with van der Waals surface area (Å²) in [6, 6.07) is 10.6. The summed E-state index contributed by atoms with van der Waals surface area (Å²) in [6.45, 7) is 0.0235. The van der Waals surface area contributed by atoms with Gasteiger partial charge in [0.2, 0.25) is 5.91 Å². The molecule has 25 heavy (non-hydrogen) atoms. The van der Waals surface area contributed by atoms with Crippen molar-refractivity contribution in [1.82, 2.24) is 9.88 Å². The second-order valence-corrected chi connectivity index (χ2v) is 5.90. The van der Waals surface area contributed by atoms with Gasteiger partial charge in [-0.15, -0.1) is 0 Å². The van der Waals surface area contributed by atoms with E-state index >= 15 is 0 Å². The molecule has 1 aromatic heterocycles. The molecule has 1 aliphatic heterocycles. The van der Waals surface area contributed by atoms with E-state index in [4.69, 9.17) is 0 Å². The Balaban J connectivity index is 1.58. The van der Waals surface area contributed by atoms with Crippen LogP contribution in [-0.2, 0) is 4.79 Å². The van der Waals surface area contributed by atoms with Crippen LogP contribution >= 0.6 is 0 Å². The number of fused-ring (bicyclic) bond motifs is 1. The molecule has 0 unspecified atom stereocenters. The number of anilines is 2. The van der Waals surface area contributed by atoms with Crippen LogP contribution in [0.2, 0.25) is 0 Å². The lowest BCUT2D eigenvalue weighted by molar-refractivity contribution is -0.116. The van der Waals surface area contributed by atoms with Crippen LogP contribution in [0, 0.1) is 0 Å². The number of benzene rings is 1. The average molecular weight is 338 g/mol. The van der Waals surface area contributed by atoms with E-state index in [1.165, 1.54) is 6.20 Å². The Morgan fingerprint density at radius 1 is 1.12 bits per heavy atom. The monoisotopic (exact) mass is 338 g/mol. The van der Waals surface area contributed by atoms with Crippen molar-refractivity contribution in [1.29, 1.82) is 0 Å². The first-order valence-corrected chi connectivity index (χ1v) is 7.86. The zero-order valence-corrected chi connectivity index (χ0v) is 14.0. The Labute approximate surface area is 145 Å². The molecule has 0 spiro atoms. The zero-order chi connectivity index (χ0) is 18.0. The van der Waals surface area contributed by atoms with Gasteiger partial charge in [-0.25, -0.2) is 0 Å². The molecular weight excluding hydrogens is 320 g/mol. The maximum Gasteiger partial charge on any atom is 0.280 e. The van der Waals surface area contributed by atoms with E-state index in [2.05, 4.69) is 10.3 Å². The summed E-state index contributed by atoms with van der Waals surface area (Å²) in [5, 5.41) is 2.76. The lowest BCUT2D eigenvalue weighted by Gasteiger charge is -2.14. The van der Waals surface area contributed by atoms with Gasteiger partial charge in [0.05, 0.1) is 5.56 Å². The number of amides is 3. The van der Waals surface area contributed by atoms with Crippen molar-refractivity contribution in [2.24, 2.45) is 0 Å². The van der Waals surface area contributed by atoms with E-state index in [1.54, 1.807) is 24.3 Å².